The lowest BCUT2D eigenvalue weighted by Crippen LogP contribution is -2.02. The smallest absolute Gasteiger partial charge is 0.0887 e. The zero-order valence-electron chi connectivity index (χ0n) is 13.8. The molecule has 0 bridgehead atoms. The molecule has 22 heavy (non-hydrogen) atoms. The van der Waals surface area contributed by atoms with Crippen LogP contribution in [0, 0.1) is 20.8 Å². The second kappa shape index (κ2) is 5.85. The fraction of sp³-hybridized carbons (Fsp3) is 0.143. The standard InChI is InChI=1S/C21H21B/c1-14-4-6-17(7-5-14)20-10-8-18(12-15(20)2)21-11-9-19(22)13-16(21)3/h4-13H,22H2,1-3H3. The van der Waals surface area contributed by atoms with Crippen LogP contribution in [0.4, 0.5) is 0 Å². The van der Waals surface area contributed by atoms with Crippen molar-refractivity contribution in [2.75, 3.05) is 0 Å². The lowest BCUT2D eigenvalue weighted by Gasteiger charge is -2.12. The van der Waals surface area contributed by atoms with Gasteiger partial charge in [0.1, 0.15) is 7.85 Å². The first kappa shape index (κ1) is 14.7. The van der Waals surface area contributed by atoms with E-state index in [-0.39, 0.29) is 0 Å². The molecule has 0 radical (unpaired) electrons. The van der Waals surface area contributed by atoms with Crippen LogP contribution in [-0.2, 0) is 0 Å². The molecule has 0 saturated heterocycles. The van der Waals surface area contributed by atoms with Crippen molar-refractivity contribution in [3.63, 3.8) is 0 Å². The summed E-state index contributed by atoms with van der Waals surface area (Å²) in [4.78, 5) is 0. The van der Waals surface area contributed by atoms with Gasteiger partial charge < -0.3 is 0 Å². The van der Waals surface area contributed by atoms with E-state index in [2.05, 4.69) is 89.3 Å². The lowest BCUT2D eigenvalue weighted by molar-refractivity contribution is 1.41. The lowest BCUT2D eigenvalue weighted by atomic mass is 9.89. The second-order valence-electron chi connectivity index (χ2n) is 6.21. The highest BCUT2D eigenvalue weighted by molar-refractivity contribution is 6.32. The predicted octanol–water partition coefficient (Wildman–Crippen LogP) is 4.20. The van der Waals surface area contributed by atoms with Gasteiger partial charge >= 0.3 is 0 Å². The third-order valence-corrected chi connectivity index (χ3v) is 4.28. The second-order valence-corrected chi connectivity index (χ2v) is 6.21. The Kier molecular flexibility index (Phi) is 3.89. The molecule has 108 valence electrons. The maximum atomic E-state index is 2.30. The van der Waals surface area contributed by atoms with Gasteiger partial charge in [-0.2, -0.15) is 0 Å². The number of hydrogen-bond donors (Lipinski definition) is 0. The van der Waals surface area contributed by atoms with Crippen molar-refractivity contribution in [2.24, 2.45) is 0 Å². The Labute approximate surface area is 134 Å². The van der Waals surface area contributed by atoms with Crippen molar-refractivity contribution < 1.29 is 0 Å². The van der Waals surface area contributed by atoms with Crippen LogP contribution >= 0.6 is 0 Å². The van der Waals surface area contributed by atoms with Crippen LogP contribution in [-0.4, -0.2) is 7.85 Å². The summed E-state index contributed by atoms with van der Waals surface area (Å²) in [6.45, 7) is 6.51. The van der Waals surface area contributed by atoms with Gasteiger partial charge in [0.25, 0.3) is 0 Å². The molecule has 0 unspecified atom stereocenters. The summed E-state index contributed by atoms with van der Waals surface area (Å²) < 4.78 is 0. The van der Waals surface area contributed by atoms with Crippen molar-refractivity contribution in [1.29, 1.82) is 0 Å². The first-order valence-electron chi connectivity index (χ1n) is 7.80. The van der Waals surface area contributed by atoms with E-state index in [0.29, 0.717) is 0 Å². The zero-order chi connectivity index (χ0) is 15.7. The van der Waals surface area contributed by atoms with Crippen LogP contribution in [0.25, 0.3) is 22.3 Å². The third-order valence-electron chi connectivity index (χ3n) is 4.28. The van der Waals surface area contributed by atoms with Gasteiger partial charge in [-0.25, -0.2) is 0 Å². The van der Waals surface area contributed by atoms with E-state index in [9.17, 15) is 0 Å². The molecule has 0 fully saturated rings. The van der Waals surface area contributed by atoms with Crippen molar-refractivity contribution in [3.8, 4) is 22.3 Å². The molecule has 0 N–H and O–H groups in total. The summed E-state index contributed by atoms with van der Waals surface area (Å²) in [6.07, 6.45) is 0. The van der Waals surface area contributed by atoms with E-state index >= 15 is 0 Å². The fourth-order valence-electron chi connectivity index (χ4n) is 3.03. The Morgan fingerprint density at radius 2 is 1.14 bits per heavy atom. The van der Waals surface area contributed by atoms with Gasteiger partial charge in [0.15, 0.2) is 0 Å². The first-order valence-corrected chi connectivity index (χ1v) is 7.80. The van der Waals surface area contributed by atoms with Crippen LogP contribution in [0.3, 0.4) is 0 Å². The molecule has 0 aliphatic carbocycles. The van der Waals surface area contributed by atoms with Gasteiger partial charge in [0.2, 0.25) is 0 Å². The molecule has 3 aromatic rings. The number of hydrogen-bond acceptors (Lipinski definition) is 0. The molecule has 0 amide bonds. The minimum Gasteiger partial charge on any atom is -0.0887 e. The SMILES string of the molecule is Bc1ccc(-c2ccc(-c3ccc(C)cc3)c(C)c2)c(C)c1. The monoisotopic (exact) mass is 284 g/mol. The highest BCUT2D eigenvalue weighted by atomic mass is 14.1. The van der Waals surface area contributed by atoms with E-state index in [0.717, 1.165) is 0 Å². The maximum Gasteiger partial charge on any atom is 0.139 e. The molecular weight excluding hydrogens is 263 g/mol. The predicted molar refractivity (Wildman–Crippen MR) is 99.7 cm³/mol. The topological polar surface area (TPSA) is 0 Å². The molecule has 3 rings (SSSR count). The van der Waals surface area contributed by atoms with E-state index in [1.165, 1.54) is 44.4 Å². The number of aryl methyl sites for hydroxylation is 3. The molecular formula is C21H21B. The highest BCUT2D eigenvalue weighted by Crippen LogP contribution is 2.29. The quantitative estimate of drug-likeness (QED) is 0.619. The van der Waals surface area contributed by atoms with Gasteiger partial charge in [-0.3, -0.25) is 0 Å². The van der Waals surface area contributed by atoms with E-state index in [1.807, 2.05) is 0 Å². The fourth-order valence-corrected chi connectivity index (χ4v) is 3.03. The summed E-state index contributed by atoms with van der Waals surface area (Å²) in [6, 6.07) is 22.2. The third kappa shape index (κ3) is 2.85. The largest absolute Gasteiger partial charge is 0.139 e. The van der Waals surface area contributed by atoms with Crippen molar-refractivity contribution in [1.82, 2.24) is 0 Å². The molecule has 3 aromatic carbocycles. The molecule has 0 aliphatic heterocycles. The van der Waals surface area contributed by atoms with E-state index in [1.54, 1.807) is 0 Å². The molecule has 0 nitrogen and oxygen atoms in total. The molecule has 1 heteroatoms. The Balaban J connectivity index is 2.03. The van der Waals surface area contributed by atoms with Gasteiger partial charge in [-0.1, -0.05) is 71.7 Å². The van der Waals surface area contributed by atoms with Crippen molar-refractivity contribution >= 4 is 13.3 Å². The Morgan fingerprint density at radius 3 is 1.77 bits per heavy atom. The van der Waals surface area contributed by atoms with Gasteiger partial charge in [0.05, 0.1) is 0 Å². The van der Waals surface area contributed by atoms with Gasteiger partial charge in [0, 0.05) is 0 Å². The number of benzene rings is 3. The highest BCUT2D eigenvalue weighted by Gasteiger charge is 2.06. The Bertz CT molecular complexity index is 814. The van der Waals surface area contributed by atoms with Gasteiger partial charge in [-0.05, 0) is 54.2 Å². The molecule has 0 aromatic heterocycles. The van der Waals surface area contributed by atoms with Crippen LogP contribution in [0.15, 0.2) is 60.7 Å². The maximum absolute atomic E-state index is 2.30. The normalized spacial score (nSPS) is 10.7. The van der Waals surface area contributed by atoms with Crippen LogP contribution in [0.1, 0.15) is 16.7 Å². The number of rotatable bonds is 2. The van der Waals surface area contributed by atoms with Crippen molar-refractivity contribution in [2.45, 2.75) is 20.8 Å². The summed E-state index contributed by atoms with van der Waals surface area (Å²) in [7, 11) is 2.14. The summed E-state index contributed by atoms with van der Waals surface area (Å²) >= 11 is 0. The summed E-state index contributed by atoms with van der Waals surface area (Å²) in [5, 5.41) is 0. The average molecular weight is 284 g/mol. The molecule has 0 saturated carbocycles. The Morgan fingerprint density at radius 1 is 0.591 bits per heavy atom. The van der Waals surface area contributed by atoms with Crippen LogP contribution in [0.5, 0.6) is 0 Å². The first-order chi connectivity index (χ1) is 10.5. The molecule has 0 spiro atoms. The van der Waals surface area contributed by atoms with E-state index in [4.69, 9.17) is 0 Å². The zero-order valence-corrected chi connectivity index (χ0v) is 13.8. The molecule has 0 aliphatic rings. The average Bonchev–Trinajstić information content (AvgIpc) is 2.48. The van der Waals surface area contributed by atoms with Crippen LogP contribution in [0.2, 0.25) is 0 Å². The minimum atomic E-state index is 1.29. The van der Waals surface area contributed by atoms with E-state index < -0.39 is 0 Å². The molecule has 0 heterocycles. The van der Waals surface area contributed by atoms with Crippen molar-refractivity contribution in [3.05, 3.63) is 77.4 Å². The summed E-state index contributed by atoms with van der Waals surface area (Å²) in [5.74, 6) is 0. The molecule has 0 atom stereocenters. The van der Waals surface area contributed by atoms with Gasteiger partial charge in [-0.15, -0.1) is 0 Å². The summed E-state index contributed by atoms with van der Waals surface area (Å²) in [5.41, 5.74) is 10.5. The van der Waals surface area contributed by atoms with Crippen LogP contribution < -0.4 is 5.46 Å². The minimum absolute atomic E-state index is 1.29. The Hall–Kier alpha value is -2.28.